The Morgan fingerprint density at radius 1 is 1.26 bits per heavy atom. The van der Waals surface area contributed by atoms with E-state index in [9.17, 15) is 4.79 Å². The smallest absolute Gasteiger partial charge is 0.245 e. The van der Waals surface area contributed by atoms with E-state index in [2.05, 4.69) is 58.7 Å². The van der Waals surface area contributed by atoms with Crippen LogP contribution < -0.4 is 0 Å². The number of rotatable bonds is 3. The van der Waals surface area contributed by atoms with Gasteiger partial charge in [-0.3, -0.25) is 9.89 Å². The molecule has 1 aliphatic rings. The number of amides is 1. The van der Waals surface area contributed by atoms with Gasteiger partial charge in [0.15, 0.2) is 0 Å². The molecule has 0 atom stereocenters. The van der Waals surface area contributed by atoms with E-state index in [-0.39, 0.29) is 11.8 Å². The van der Waals surface area contributed by atoms with Crippen LogP contribution in [0, 0.1) is 6.92 Å². The minimum atomic E-state index is -0.0130. The van der Waals surface area contributed by atoms with Crippen LogP contribution in [-0.4, -0.2) is 43.5 Å². The fraction of sp³-hybridized carbons (Fsp3) is 0.190. The molecule has 0 spiro atoms. The third-order valence-electron chi connectivity index (χ3n) is 5.38. The first-order valence-electron chi connectivity index (χ1n) is 8.97. The van der Waals surface area contributed by atoms with E-state index in [1.807, 2.05) is 12.3 Å². The number of imidazole rings is 1. The number of hydrogen-bond acceptors (Lipinski definition) is 3. The molecule has 1 amide bonds. The first kappa shape index (κ1) is 15.8. The molecule has 5 rings (SSSR count). The summed E-state index contributed by atoms with van der Waals surface area (Å²) in [6.07, 6.45) is 7.43. The molecular weight excluding hydrogens is 338 g/mol. The summed E-state index contributed by atoms with van der Waals surface area (Å²) >= 11 is 0. The largest absolute Gasteiger partial charge is 0.338 e. The van der Waals surface area contributed by atoms with E-state index in [0.717, 1.165) is 27.8 Å². The Hall–Kier alpha value is -3.41. The first-order chi connectivity index (χ1) is 13.1. The number of aryl methyl sites for hydroxylation is 1. The van der Waals surface area contributed by atoms with E-state index in [1.54, 1.807) is 4.90 Å². The average Bonchev–Trinajstić information content (AvgIpc) is 3.25. The molecule has 1 N–H and O–H groups in total. The fourth-order valence-electron chi connectivity index (χ4n) is 3.84. The van der Waals surface area contributed by atoms with Crippen molar-refractivity contribution in [2.75, 3.05) is 13.1 Å². The summed E-state index contributed by atoms with van der Waals surface area (Å²) in [5, 5.41) is 8.34. The van der Waals surface area contributed by atoms with Gasteiger partial charge in [-0.1, -0.05) is 12.6 Å². The maximum Gasteiger partial charge on any atom is 0.245 e. The molecule has 4 heterocycles. The van der Waals surface area contributed by atoms with Crippen LogP contribution in [0.15, 0.2) is 55.5 Å². The number of benzene rings is 1. The predicted molar refractivity (Wildman–Crippen MR) is 105 cm³/mol. The first-order valence-corrected chi connectivity index (χ1v) is 8.97. The lowest BCUT2D eigenvalue weighted by Gasteiger charge is -2.37. The van der Waals surface area contributed by atoms with Crippen molar-refractivity contribution in [1.82, 2.24) is 24.5 Å². The lowest BCUT2D eigenvalue weighted by molar-refractivity contribution is -0.130. The molecule has 6 heteroatoms. The van der Waals surface area contributed by atoms with Gasteiger partial charge in [-0.2, -0.15) is 5.10 Å². The SMILES string of the molecule is C=CC(=O)N1CC(c2cn3cc(-c4c(C)ccc5[nH]ncc45)ccc3n2)C1. The zero-order chi connectivity index (χ0) is 18.5. The van der Waals surface area contributed by atoms with Crippen LogP contribution in [0.5, 0.6) is 0 Å². The molecule has 3 aromatic heterocycles. The van der Waals surface area contributed by atoms with Gasteiger partial charge in [0.2, 0.25) is 5.91 Å². The van der Waals surface area contributed by atoms with E-state index in [1.165, 1.54) is 17.2 Å². The van der Waals surface area contributed by atoms with Crippen molar-refractivity contribution in [2.24, 2.45) is 0 Å². The molecule has 0 bridgehead atoms. The zero-order valence-corrected chi connectivity index (χ0v) is 15.0. The standard InChI is InChI=1S/C21H19N5O/c1-3-20(27)26-10-15(11-26)18-12-25-9-14(5-7-19(25)23-18)21-13(2)4-6-17-16(21)8-22-24-17/h3-9,12,15H,1,10-11H2,2H3,(H,22,24). The molecular formula is C21H19N5O. The lowest BCUT2D eigenvalue weighted by Crippen LogP contribution is -2.47. The summed E-state index contributed by atoms with van der Waals surface area (Å²) in [7, 11) is 0. The van der Waals surface area contributed by atoms with Gasteiger partial charge in [0.05, 0.1) is 17.4 Å². The van der Waals surface area contributed by atoms with Gasteiger partial charge >= 0.3 is 0 Å². The van der Waals surface area contributed by atoms with Crippen LogP contribution in [0.4, 0.5) is 0 Å². The second-order valence-electron chi connectivity index (χ2n) is 7.08. The van der Waals surface area contributed by atoms with Crippen LogP contribution in [-0.2, 0) is 4.79 Å². The van der Waals surface area contributed by atoms with Gasteiger partial charge in [0, 0.05) is 36.8 Å². The van der Waals surface area contributed by atoms with E-state index < -0.39 is 0 Å². The second-order valence-corrected chi connectivity index (χ2v) is 7.08. The highest BCUT2D eigenvalue weighted by molar-refractivity contribution is 5.96. The number of hydrogen-bond donors (Lipinski definition) is 1. The Morgan fingerprint density at radius 3 is 2.93 bits per heavy atom. The number of carbonyl (C=O) groups is 1. The molecule has 0 radical (unpaired) electrons. The number of fused-ring (bicyclic) bond motifs is 2. The van der Waals surface area contributed by atoms with Crippen molar-refractivity contribution in [3.8, 4) is 11.1 Å². The summed E-state index contributed by atoms with van der Waals surface area (Å²) in [5.74, 6) is 0.275. The van der Waals surface area contributed by atoms with Gasteiger partial charge in [-0.15, -0.1) is 0 Å². The molecule has 6 nitrogen and oxygen atoms in total. The van der Waals surface area contributed by atoms with Gasteiger partial charge in [-0.25, -0.2) is 4.98 Å². The maximum absolute atomic E-state index is 11.6. The quantitative estimate of drug-likeness (QED) is 0.572. The van der Waals surface area contributed by atoms with Crippen molar-refractivity contribution in [3.63, 3.8) is 0 Å². The maximum atomic E-state index is 11.6. The van der Waals surface area contributed by atoms with Gasteiger partial charge < -0.3 is 9.30 Å². The molecule has 27 heavy (non-hydrogen) atoms. The molecule has 0 unspecified atom stereocenters. The molecule has 4 aromatic rings. The van der Waals surface area contributed by atoms with Crippen molar-refractivity contribution in [1.29, 1.82) is 0 Å². The summed E-state index contributed by atoms with van der Waals surface area (Å²) in [6.45, 7) is 7.06. The van der Waals surface area contributed by atoms with Gasteiger partial charge in [0.1, 0.15) is 5.65 Å². The number of nitrogens with one attached hydrogen (secondary N) is 1. The minimum Gasteiger partial charge on any atom is -0.338 e. The predicted octanol–water partition coefficient (Wildman–Crippen LogP) is 3.30. The van der Waals surface area contributed by atoms with Crippen molar-refractivity contribution < 1.29 is 4.79 Å². The third-order valence-corrected chi connectivity index (χ3v) is 5.38. The van der Waals surface area contributed by atoms with Crippen molar-refractivity contribution in [3.05, 3.63) is 66.8 Å². The second kappa shape index (κ2) is 5.81. The Labute approximate surface area is 156 Å². The number of aromatic nitrogens is 4. The highest BCUT2D eigenvalue weighted by Crippen LogP contribution is 2.32. The molecule has 1 aliphatic heterocycles. The van der Waals surface area contributed by atoms with Crippen LogP contribution >= 0.6 is 0 Å². The van der Waals surface area contributed by atoms with Crippen LogP contribution in [0.3, 0.4) is 0 Å². The number of carbonyl (C=O) groups excluding carboxylic acids is 1. The normalized spacial score (nSPS) is 14.6. The Balaban J connectivity index is 1.51. The van der Waals surface area contributed by atoms with E-state index >= 15 is 0 Å². The zero-order valence-electron chi connectivity index (χ0n) is 15.0. The molecule has 0 saturated carbocycles. The number of pyridine rings is 1. The Bertz CT molecular complexity index is 1200. The molecule has 0 aliphatic carbocycles. The topological polar surface area (TPSA) is 66.3 Å². The molecule has 1 aromatic carbocycles. The monoisotopic (exact) mass is 357 g/mol. The lowest BCUT2D eigenvalue weighted by atomic mass is 9.97. The van der Waals surface area contributed by atoms with Crippen LogP contribution in [0.2, 0.25) is 0 Å². The van der Waals surface area contributed by atoms with Gasteiger partial charge in [0.25, 0.3) is 0 Å². The molecule has 1 saturated heterocycles. The number of aromatic amines is 1. The summed E-state index contributed by atoms with van der Waals surface area (Å²) in [6, 6.07) is 8.32. The fourth-order valence-corrected chi connectivity index (χ4v) is 3.84. The van der Waals surface area contributed by atoms with E-state index in [4.69, 9.17) is 4.98 Å². The summed E-state index contributed by atoms with van der Waals surface area (Å²) in [5.41, 5.74) is 6.50. The number of nitrogens with zero attached hydrogens (tertiary/aromatic N) is 4. The highest BCUT2D eigenvalue weighted by Gasteiger charge is 2.32. The van der Waals surface area contributed by atoms with Crippen LogP contribution in [0.25, 0.3) is 27.7 Å². The third kappa shape index (κ3) is 2.44. The van der Waals surface area contributed by atoms with Crippen molar-refractivity contribution in [2.45, 2.75) is 12.8 Å². The summed E-state index contributed by atoms with van der Waals surface area (Å²) < 4.78 is 2.07. The van der Waals surface area contributed by atoms with Crippen molar-refractivity contribution >= 4 is 22.5 Å². The Kier molecular flexibility index (Phi) is 3.40. The molecule has 134 valence electrons. The highest BCUT2D eigenvalue weighted by atomic mass is 16.2. The van der Waals surface area contributed by atoms with E-state index in [0.29, 0.717) is 13.1 Å². The average molecular weight is 357 g/mol. The number of likely N-dealkylation sites (tertiary alicyclic amines) is 1. The van der Waals surface area contributed by atoms with Crippen LogP contribution in [0.1, 0.15) is 17.2 Å². The summed E-state index contributed by atoms with van der Waals surface area (Å²) in [4.78, 5) is 18.2. The Morgan fingerprint density at radius 2 is 2.11 bits per heavy atom. The van der Waals surface area contributed by atoms with Gasteiger partial charge in [-0.05, 0) is 47.9 Å². The molecule has 1 fully saturated rings. The number of H-pyrrole nitrogens is 1. The minimum absolute atomic E-state index is 0.0130.